The molecular formula is C21H33B2ClF2N8O6-2. The van der Waals surface area contributed by atoms with Gasteiger partial charge in [-0.15, -0.1) is 20.6 Å². The van der Waals surface area contributed by atoms with Crippen molar-refractivity contribution in [2.75, 3.05) is 0 Å². The molecule has 0 aromatic rings. The van der Waals surface area contributed by atoms with Crippen molar-refractivity contribution in [2.45, 2.75) is 97.1 Å². The van der Waals surface area contributed by atoms with E-state index in [1.807, 2.05) is 0 Å². The second kappa shape index (κ2) is 13.6. The number of amidine groups is 2. The number of rotatable bonds is 2. The van der Waals surface area contributed by atoms with E-state index in [0.717, 1.165) is 64.2 Å². The minimum atomic E-state index is -4.30. The summed E-state index contributed by atoms with van der Waals surface area (Å²) in [7, 11) is -8.53. The predicted molar refractivity (Wildman–Crippen MR) is 148 cm³/mol. The van der Waals surface area contributed by atoms with Crippen LogP contribution in [-0.2, 0) is 28.5 Å². The monoisotopic (exact) mass is 588 g/mol. The van der Waals surface area contributed by atoms with E-state index in [9.17, 15) is 0 Å². The lowest BCUT2D eigenvalue weighted by Gasteiger charge is -2.33. The molecule has 0 saturated heterocycles. The van der Waals surface area contributed by atoms with E-state index in [2.05, 4.69) is 41.6 Å². The molecule has 0 atom stereocenters. The third-order valence-corrected chi connectivity index (χ3v) is 6.90. The molecule has 2 bridgehead atoms. The Kier molecular flexibility index (Phi) is 10.2. The molecule has 2 N–H and O–H groups in total. The maximum atomic E-state index is 16.0. The van der Waals surface area contributed by atoms with Gasteiger partial charge in [0, 0.05) is 0 Å². The third-order valence-electron chi connectivity index (χ3n) is 6.55. The Hall–Kier alpha value is -2.98. The summed E-state index contributed by atoms with van der Waals surface area (Å²) in [4.78, 5) is 9.12. The number of nitrogens with one attached hydrogen (secondary N) is 2. The zero-order chi connectivity index (χ0) is 28.6. The molecule has 40 heavy (non-hydrogen) atoms. The normalized spacial score (nSPS) is 35.9. The summed E-state index contributed by atoms with van der Waals surface area (Å²) in [6, 6.07) is -0.245. The van der Waals surface area contributed by atoms with Crippen LogP contribution in [0.25, 0.3) is 0 Å². The van der Waals surface area contributed by atoms with Crippen LogP contribution in [0.15, 0.2) is 30.6 Å². The third kappa shape index (κ3) is 8.51. The summed E-state index contributed by atoms with van der Waals surface area (Å²) in [5.41, 5.74) is 4.42. The van der Waals surface area contributed by atoms with Crippen molar-refractivity contribution in [1.29, 1.82) is 0 Å². The lowest BCUT2D eigenvalue weighted by Crippen LogP contribution is -2.52. The zero-order valence-corrected chi connectivity index (χ0v) is 23.4. The highest BCUT2D eigenvalue weighted by Crippen LogP contribution is 2.23. The van der Waals surface area contributed by atoms with Crippen molar-refractivity contribution in [2.24, 2.45) is 30.6 Å². The number of oxime groups is 4. The van der Waals surface area contributed by atoms with Gasteiger partial charge in [0.2, 0.25) is 0 Å². The first-order chi connectivity index (χ1) is 19.1. The van der Waals surface area contributed by atoms with E-state index < -0.39 is 19.2 Å². The molecule has 0 unspecified atom stereocenters. The number of halogens is 3. The Bertz CT molecular complexity index is 1040. The van der Waals surface area contributed by atoms with Gasteiger partial charge in [-0.2, -0.15) is 0 Å². The maximum Gasteiger partial charge on any atom is 0.812 e. The maximum absolute atomic E-state index is 16.0. The second-order valence-corrected chi connectivity index (χ2v) is 10.3. The molecule has 3 heterocycles. The minimum absolute atomic E-state index is 0.0445. The van der Waals surface area contributed by atoms with Crippen LogP contribution in [0, 0.1) is 0 Å². The molecule has 0 spiro atoms. The minimum Gasteiger partial charge on any atom is -0.532 e. The number of hydrogen-bond donors (Lipinski definition) is 2. The summed E-state index contributed by atoms with van der Waals surface area (Å²) in [5, 5.41) is 13.9. The van der Waals surface area contributed by atoms with Crippen LogP contribution in [0.5, 0.6) is 0 Å². The number of nitrogens with zero attached hydrogens (tertiary/aromatic N) is 6. The van der Waals surface area contributed by atoms with Crippen LogP contribution in [0.1, 0.15) is 85.0 Å². The molecule has 2 saturated carbocycles. The molecule has 19 heteroatoms. The fraction of sp³-hybridized carbons (Fsp3) is 0.714. The number of fused-ring (bicyclic) bond motifs is 11. The van der Waals surface area contributed by atoms with Gasteiger partial charge in [-0.05, 0) is 46.5 Å². The Balaban J connectivity index is 1.76. The topological polar surface area (TPSA) is 154 Å². The van der Waals surface area contributed by atoms with E-state index >= 15 is 8.63 Å². The largest absolute Gasteiger partial charge is 0.812 e. The summed E-state index contributed by atoms with van der Waals surface area (Å²) in [5.74, 6) is -0.151. The highest BCUT2D eigenvalue weighted by molar-refractivity contribution is 6.83. The molecule has 222 valence electrons. The SMILES string of the molecule is C/C1=N/O[B-]2(F)ONC(=NC3CCCCC3)/C(C)=N\O[B-](F)(ON=C1Cl)O/N=C(/C)C(=NC1CCCCC1)NO2. The molecule has 0 aromatic carbocycles. The van der Waals surface area contributed by atoms with Crippen LogP contribution in [0.3, 0.4) is 0 Å². The fourth-order valence-corrected chi connectivity index (χ4v) is 4.35. The number of hydroxylamine groups is 2. The highest BCUT2D eigenvalue weighted by atomic mass is 35.5. The quantitative estimate of drug-likeness (QED) is 0.458. The van der Waals surface area contributed by atoms with E-state index in [0.29, 0.717) is 0 Å². The first-order valence-corrected chi connectivity index (χ1v) is 13.8. The summed E-state index contributed by atoms with van der Waals surface area (Å²) < 4.78 is 62.0. The van der Waals surface area contributed by atoms with E-state index in [1.165, 1.54) is 20.8 Å². The predicted octanol–water partition coefficient (Wildman–Crippen LogP) is 4.08. The van der Waals surface area contributed by atoms with Crippen molar-refractivity contribution >= 4 is 59.6 Å². The Labute approximate surface area is 235 Å². The molecule has 5 aliphatic rings. The van der Waals surface area contributed by atoms with Gasteiger partial charge in [0.1, 0.15) is 17.1 Å². The van der Waals surface area contributed by atoms with E-state index in [4.69, 9.17) is 40.1 Å². The van der Waals surface area contributed by atoms with E-state index in [1.54, 1.807) is 0 Å². The van der Waals surface area contributed by atoms with Gasteiger partial charge in [0.25, 0.3) is 0 Å². The Morgan fingerprint density at radius 1 is 0.650 bits per heavy atom. The van der Waals surface area contributed by atoms with Gasteiger partial charge in [-0.3, -0.25) is 20.9 Å². The van der Waals surface area contributed by atoms with Gasteiger partial charge >= 0.3 is 14.1 Å². The standard InChI is InChI=1S/C21H33B2ClF2N8O6/c1-14-19(24)32-38-22(25)36-30-15(2)20(27-17-10-6-4-7-11-17)33-39-23(26,35-29-14)40-34-21(16(3)31-37-22)28-18-12-8-5-9-13-18/h17-18H,4-13H2,1-3H3,(H,27,33)(H,28,34)/q-2/b29-14-,30-15-,31-16-,32-19?. The molecule has 14 nitrogen and oxygen atoms in total. The molecule has 3 aliphatic heterocycles. The molecular weight excluding hydrogens is 555 g/mol. The molecule has 2 fully saturated rings. The second-order valence-electron chi connectivity index (χ2n) is 9.92. The average molecular weight is 589 g/mol. The van der Waals surface area contributed by atoms with Gasteiger partial charge in [0.15, 0.2) is 16.8 Å². The Morgan fingerprint density at radius 2 is 1.05 bits per heavy atom. The van der Waals surface area contributed by atoms with E-state index in [-0.39, 0.29) is 40.9 Å². The van der Waals surface area contributed by atoms with Crippen LogP contribution >= 0.6 is 11.6 Å². The molecule has 0 radical (unpaired) electrons. The van der Waals surface area contributed by atoms with Crippen LogP contribution in [0.2, 0.25) is 0 Å². The van der Waals surface area contributed by atoms with Gasteiger partial charge in [-0.1, -0.05) is 50.1 Å². The molecule has 2 aliphatic carbocycles. The van der Waals surface area contributed by atoms with Crippen LogP contribution in [-0.4, -0.2) is 60.1 Å². The zero-order valence-electron chi connectivity index (χ0n) is 22.6. The number of aliphatic imine (C=N–C) groups is 2. The summed E-state index contributed by atoms with van der Waals surface area (Å²) >= 11 is 5.98. The Morgan fingerprint density at radius 3 is 1.52 bits per heavy atom. The summed E-state index contributed by atoms with van der Waals surface area (Å²) in [6.07, 6.45) is 9.17. The molecule has 0 amide bonds. The van der Waals surface area contributed by atoms with Crippen LogP contribution in [0.4, 0.5) is 8.63 Å². The van der Waals surface area contributed by atoms with Gasteiger partial charge < -0.3 is 37.2 Å². The van der Waals surface area contributed by atoms with Crippen LogP contribution < -0.4 is 11.0 Å². The molecule has 0 aromatic heterocycles. The van der Waals surface area contributed by atoms with Crippen molar-refractivity contribution in [3.05, 3.63) is 0 Å². The lowest BCUT2D eigenvalue weighted by atomic mass is 9.96. The first kappa shape index (κ1) is 30.0. The van der Waals surface area contributed by atoms with Gasteiger partial charge in [-0.25, -0.2) is 0 Å². The smallest absolute Gasteiger partial charge is 0.532 e. The lowest BCUT2D eigenvalue weighted by molar-refractivity contribution is -0.0137. The van der Waals surface area contributed by atoms with Crippen molar-refractivity contribution in [3.63, 3.8) is 0 Å². The summed E-state index contributed by atoms with van der Waals surface area (Å²) in [6.45, 7) is 4.12. The highest BCUT2D eigenvalue weighted by Gasteiger charge is 2.42. The van der Waals surface area contributed by atoms with Crippen molar-refractivity contribution in [1.82, 2.24) is 11.0 Å². The molecule has 5 rings (SSSR count). The van der Waals surface area contributed by atoms with Crippen molar-refractivity contribution in [3.8, 4) is 0 Å². The number of hydrogen-bond acceptors (Lipinski definition) is 12. The average Bonchev–Trinajstić information content (AvgIpc) is 2.97. The fourth-order valence-electron chi connectivity index (χ4n) is 4.28. The van der Waals surface area contributed by atoms with Crippen molar-refractivity contribution < 1.29 is 37.2 Å². The first-order valence-electron chi connectivity index (χ1n) is 13.4. The van der Waals surface area contributed by atoms with Gasteiger partial charge in [0.05, 0.1) is 12.1 Å².